The molecule has 0 radical (unpaired) electrons. The summed E-state index contributed by atoms with van der Waals surface area (Å²) in [7, 11) is 0. The first-order chi connectivity index (χ1) is 18.3. The van der Waals surface area contributed by atoms with E-state index in [-0.39, 0.29) is 0 Å². The summed E-state index contributed by atoms with van der Waals surface area (Å²) in [6, 6.07) is 18.8. The van der Waals surface area contributed by atoms with Crippen LogP contribution in [0.4, 0.5) is 27.2 Å². The Labute approximate surface area is 227 Å². The van der Waals surface area contributed by atoms with Crippen molar-refractivity contribution in [2.24, 2.45) is 20.5 Å². The number of fused-ring (bicyclic) bond motifs is 1. The molecule has 192 valence electrons. The van der Waals surface area contributed by atoms with E-state index >= 15 is 0 Å². The number of azo groups is 2. The molecule has 1 fully saturated rings. The van der Waals surface area contributed by atoms with Gasteiger partial charge < -0.3 is 4.90 Å². The van der Waals surface area contributed by atoms with Crippen molar-refractivity contribution < 1.29 is 0 Å². The lowest BCUT2D eigenvalue weighted by molar-refractivity contribution is 0.607. The fourth-order valence-electron chi connectivity index (χ4n) is 4.56. The second kappa shape index (κ2) is 13.0. The molecule has 1 aliphatic heterocycles. The zero-order chi connectivity index (χ0) is 25.3. The number of hydrogen-bond acceptors (Lipinski definition) is 8. The number of rotatable bonds is 12. The molecule has 0 spiro atoms. The van der Waals surface area contributed by atoms with Crippen molar-refractivity contribution in [1.82, 2.24) is 4.98 Å². The van der Waals surface area contributed by atoms with Crippen molar-refractivity contribution in [3.05, 3.63) is 60.2 Å². The fraction of sp³-hybridized carbons (Fsp3) is 0.414. The molecule has 4 aromatic rings. The Balaban J connectivity index is 1.12. The second-order valence-corrected chi connectivity index (χ2v) is 11.6. The van der Waals surface area contributed by atoms with Gasteiger partial charge in [-0.2, -0.15) is 0 Å². The number of aromatic nitrogens is 1. The number of unbranched alkanes of at least 4 members (excludes halogenated alkanes) is 5. The van der Waals surface area contributed by atoms with E-state index in [1.807, 2.05) is 18.2 Å². The van der Waals surface area contributed by atoms with Crippen LogP contribution < -0.4 is 4.90 Å². The molecule has 2 aromatic heterocycles. The van der Waals surface area contributed by atoms with Crippen LogP contribution >= 0.6 is 22.7 Å². The van der Waals surface area contributed by atoms with Crippen molar-refractivity contribution >= 4 is 59.4 Å². The third-order valence-electron chi connectivity index (χ3n) is 6.66. The van der Waals surface area contributed by atoms with Crippen LogP contribution in [-0.2, 0) is 6.42 Å². The third-order valence-corrected chi connectivity index (χ3v) is 8.59. The topological polar surface area (TPSA) is 65.6 Å². The molecule has 6 nitrogen and oxygen atoms in total. The van der Waals surface area contributed by atoms with Crippen LogP contribution in [0.1, 0.15) is 63.9 Å². The van der Waals surface area contributed by atoms with Crippen LogP contribution in [0.5, 0.6) is 0 Å². The number of hydrogen-bond donors (Lipinski definition) is 0. The van der Waals surface area contributed by atoms with Crippen molar-refractivity contribution in [1.29, 1.82) is 0 Å². The van der Waals surface area contributed by atoms with Gasteiger partial charge in [-0.25, -0.2) is 4.98 Å². The van der Waals surface area contributed by atoms with Crippen molar-refractivity contribution in [3.8, 4) is 0 Å². The lowest BCUT2D eigenvalue weighted by Crippen LogP contribution is -2.17. The fourth-order valence-corrected chi connectivity index (χ4v) is 6.40. The standard InChI is InChI=1S/C29H34N6S2/c1-2-3-4-5-6-7-10-22-11-13-23(14-12-22)31-33-27-21-26-28(37-27)30-29(36-26)34-32-24-15-17-25(18-16-24)35-19-8-9-20-35/h11-18,21H,2-10,19-20H2,1H3. The molecule has 8 heteroatoms. The zero-order valence-electron chi connectivity index (χ0n) is 21.5. The van der Waals surface area contributed by atoms with E-state index < -0.39 is 0 Å². The number of thiazole rings is 1. The van der Waals surface area contributed by atoms with Gasteiger partial charge in [0, 0.05) is 18.8 Å². The number of anilines is 1. The lowest BCUT2D eigenvalue weighted by Gasteiger charge is -2.17. The average molecular weight is 531 g/mol. The SMILES string of the molecule is CCCCCCCCc1ccc(N=Nc2cc3sc(N=Nc4ccc(N5CCCC5)cc4)nc3s2)cc1. The van der Waals surface area contributed by atoms with Crippen LogP contribution in [0.15, 0.2) is 75.1 Å². The van der Waals surface area contributed by atoms with Gasteiger partial charge in [-0.15, -0.1) is 20.5 Å². The van der Waals surface area contributed by atoms with Gasteiger partial charge >= 0.3 is 0 Å². The first-order valence-corrected chi connectivity index (χ1v) is 15.1. The molecule has 0 atom stereocenters. The van der Waals surface area contributed by atoms with E-state index in [0.717, 1.165) is 45.4 Å². The average Bonchev–Trinajstić information content (AvgIpc) is 3.67. The second-order valence-electron chi connectivity index (χ2n) is 9.55. The van der Waals surface area contributed by atoms with Gasteiger partial charge in [0.1, 0.15) is 9.83 Å². The Kier molecular flexibility index (Phi) is 9.03. The van der Waals surface area contributed by atoms with Crippen molar-refractivity contribution in [2.45, 2.75) is 64.7 Å². The van der Waals surface area contributed by atoms with Crippen LogP contribution in [0.2, 0.25) is 0 Å². The van der Waals surface area contributed by atoms with Crippen LogP contribution in [0, 0.1) is 0 Å². The number of thiophene rings is 1. The number of aryl methyl sites for hydroxylation is 1. The molecule has 37 heavy (non-hydrogen) atoms. The summed E-state index contributed by atoms with van der Waals surface area (Å²) < 4.78 is 1.06. The van der Waals surface area contributed by atoms with E-state index in [9.17, 15) is 0 Å². The maximum atomic E-state index is 4.61. The van der Waals surface area contributed by atoms with Gasteiger partial charge in [-0.3, -0.25) is 0 Å². The molecule has 0 N–H and O–H groups in total. The summed E-state index contributed by atoms with van der Waals surface area (Å²) >= 11 is 3.06. The monoisotopic (exact) mass is 530 g/mol. The summed E-state index contributed by atoms with van der Waals surface area (Å²) in [6.07, 6.45) is 11.7. The summed E-state index contributed by atoms with van der Waals surface area (Å²) in [6.45, 7) is 4.55. The van der Waals surface area contributed by atoms with Gasteiger partial charge in [0.25, 0.3) is 0 Å². The Hall–Kier alpha value is -2.97. The smallest absolute Gasteiger partial charge is 0.231 e. The molecule has 3 heterocycles. The van der Waals surface area contributed by atoms with Crippen molar-refractivity contribution in [3.63, 3.8) is 0 Å². The minimum atomic E-state index is 0.661. The van der Waals surface area contributed by atoms with Gasteiger partial charge in [0.05, 0.1) is 16.1 Å². The summed E-state index contributed by atoms with van der Waals surface area (Å²) in [5.74, 6) is 0. The first kappa shape index (κ1) is 25.7. The first-order valence-electron chi connectivity index (χ1n) is 13.4. The van der Waals surface area contributed by atoms with E-state index in [1.165, 1.54) is 85.3 Å². The highest BCUT2D eigenvalue weighted by molar-refractivity contribution is 7.30. The maximum absolute atomic E-state index is 4.61. The maximum Gasteiger partial charge on any atom is 0.231 e. The molecular formula is C29H34N6S2. The molecule has 0 saturated carbocycles. The molecule has 5 rings (SSSR count). The van der Waals surface area contributed by atoms with E-state index in [2.05, 4.69) is 73.7 Å². The number of nitrogens with zero attached hydrogens (tertiary/aromatic N) is 6. The minimum absolute atomic E-state index is 0.661. The quantitative estimate of drug-likeness (QED) is 0.135. The van der Waals surface area contributed by atoms with Crippen LogP contribution in [0.25, 0.3) is 9.53 Å². The van der Waals surface area contributed by atoms with Gasteiger partial charge in [0.15, 0.2) is 0 Å². The van der Waals surface area contributed by atoms with Crippen LogP contribution in [-0.4, -0.2) is 18.1 Å². The highest BCUT2D eigenvalue weighted by atomic mass is 32.1. The Morgan fingerprint density at radius 3 is 2.16 bits per heavy atom. The summed E-state index contributed by atoms with van der Waals surface area (Å²) in [4.78, 5) is 7.95. The summed E-state index contributed by atoms with van der Waals surface area (Å²) in [5.41, 5.74) is 4.35. The highest BCUT2D eigenvalue weighted by Crippen LogP contribution is 2.39. The zero-order valence-corrected chi connectivity index (χ0v) is 23.1. The predicted octanol–water partition coefficient (Wildman–Crippen LogP) is 10.7. The van der Waals surface area contributed by atoms with Gasteiger partial charge in [-0.05, 0) is 73.7 Å². The van der Waals surface area contributed by atoms with Gasteiger partial charge in [-0.1, -0.05) is 73.8 Å². The summed E-state index contributed by atoms with van der Waals surface area (Å²) in [5, 5.41) is 19.1. The normalized spacial score (nSPS) is 14.1. The van der Waals surface area contributed by atoms with E-state index in [4.69, 9.17) is 0 Å². The highest BCUT2D eigenvalue weighted by Gasteiger charge is 2.12. The van der Waals surface area contributed by atoms with Crippen molar-refractivity contribution in [2.75, 3.05) is 18.0 Å². The molecule has 0 aliphatic carbocycles. The van der Waals surface area contributed by atoms with E-state index in [0.29, 0.717) is 5.13 Å². The van der Waals surface area contributed by atoms with Gasteiger partial charge in [0.2, 0.25) is 5.13 Å². The Morgan fingerprint density at radius 2 is 1.43 bits per heavy atom. The Morgan fingerprint density at radius 1 is 0.757 bits per heavy atom. The van der Waals surface area contributed by atoms with E-state index in [1.54, 1.807) is 0 Å². The van der Waals surface area contributed by atoms with Crippen LogP contribution in [0.3, 0.4) is 0 Å². The molecule has 1 aliphatic rings. The number of benzene rings is 2. The molecule has 0 bridgehead atoms. The predicted molar refractivity (Wildman–Crippen MR) is 157 cm³/mol. The third kappa shape index (κ3) is 7.29. The molecule has 1 saturated heterocycles. The largest absolute Gasteiger partial charge is 0.372 e. The minimum Gasteiger partial charge on any atom is -0.372 e. The molecule has 0 amide bonds. The molecule has 0 unspecified atom stereocenters. The Bertz CT molecular complexity index is 1280. The molecular weight excluding hydrogens is 496 g/mol. The molecule has 2 aromatic carbocycles. The lowest BCUT2D eigenvalue weighted by atomic mass is 10.0.